The Balaban J connectivity index is 1.59. The highest BCUT2D eigenvalue weighted by Crippen LogP contribution is 2.50. The van der Waals surface area contributed by atoms with Crippen LogP contribution in [-0.4, -0.2) is 54.6 Å². The zero-order chi connectivity index (χ0) is 18.1. The molecule has 1 saturated carbocycles. The molecule has 2 aliphatic carbocycles. The molecule has 3 fully saturated rings. The van der Waals surface area contributed by atoms with Crippen LogP contribution in [0.4, 0.5) is 0 Å². The number of nitrogens with zero attached hydrogens (tertiary/aromatic N) is 2. The Morgan fingerprint density at radius 3 is 2.62 bits per heavy atom. The number of piperazine rings is 1. The Bertz CT molecular complexity index is 894. The van der Waals surface area contributed by atoms with E-state index in [9.17, 15) is 13.2 Å². The van der Waals surface area contributed by atoms with Gasteiger partial charge in [0.25, 0.3) is 0 Å². The van der Waals surface area contributed by atoms with Crippen molar-refractivity contribution < 1.29 is 13.2 Å². The summed E-state index contributed by atoms with van der Waals surface area (Å²) < 4.78 is 29.0. The number of ketones is 1. The molecule has 2 heterocycles. The Labute approximate surface area is 159 Å². The maximum atomic E-state index is 13.6. The summed E-state index contributed by atoms with van der Waals surface area (Å²) in [4.78, 5) is 14.7. The van der Waals surface area contributed by atoms with Crippen molar-refractivity contribution in [3.05, 3.63) is 28.3 Å². The van der Waals surface area contributed by atoms with E-state index in [1.165, 1.54) is 6.07 Å². The quantitative estimate of drug-likeness (QED) is 0.773. The molecule has 26 heavy (non-hydrogen) atoms. The molecule has 0 N–H and O–H groups in total. The van der Waals surface area contributed by atoms with Gasteiger partial charge in [-0.2, -0.15) is 4.31 Å². The van der Waals surface area contributed by atoms with Crippen molar-refractivity contribution >= 4 is 27.4 Å². The molecule has 0 aromatic heterocycles. The second kappa shape index (κ2) is 5.77. The number of Topliss-reactive ketones (excluding diaryl/α,β-unsaturated/α-hetero) is 1. The van der Waals surface area contributed by atoms with Crippen LogP contribution in [0.3, 0.4) is 0 Å². The monoisotopic (exact) mass is 394 g/mol. The van der Waals surface area contributed by atoms with E-state index in [2.05, 4.69) is 4.90 Å². The number of rotatable bonds is 2. The van der Waals surface area contributed by atoms with Gasteiger partial charge in [-0.15, -0.1) is 0 Å². The molecular weight excluding hydrogens is 372 g/mol. The first-order valence-electron chi connectivity index (χ1n) is 9.56. The lowest BCUT2D eigenvalue weighted by molar-refractivity contribution is -0.0351. The lowest BCUT2D eigenvalue weighted by Crippen LogP contribution is -2.70. The number of halogens is 1. The van der Waals surface area contributed by atoms with Gasteiger partial charge in [-0.25, -0.2) is 8.42 Å². The molecule has 1 atom stereocenters. The van der Waals surface area contributed by atoms with E-state index in [0.29, 0.717) is 31.0 Å². The highest BCUT2D eigenvalue weighted by atomic mass is 35.5. The maximum absolute atomic E-state index is 13.6. The predicted octanol–water partition coefficient (Wildman–Crippen LogP) is 2.86. The number of carbonyl (C=O) groups excluding carboxylic acids is 1. The van der Waals surface area contributed by atoms with Gasteiger partial charge in [-0.05, 0) is 62.8 Å². The summed E-state index contributed by atoms with van der Waals surface area (Å²) >= 11 is 6.40. The summed E-state index contributed by atoms with van der Waals surface area (Å²) in [6, 6.07) is 3.55. The zero-order valence-corrected chi connectivity index (χ0v) is 16.3. The van der Waals surface area contributed by atoms with Gasteiger partial charge in [0.2, 0.25) is 10.0 Å². The highest BCUT2D eigenvalue weighted by molar-refractivity contribution is 7.89. The van der Waals surface area contributed by atoms with Crippen LogP contribution >= 0.6 is 11.6 Å². The highest BCUT2D eigenvalue weighted by Gasteiger charge is 2.58. The molecule has 140 valence electrons. The van der Waals surface area contributed by atoms with E-state index in [0.717, 1.165) is 50.8 Å². The van der Waals surface area contributed by atoms with Gasteiger partial charge >= 0.3 is 0 Å². The third-order valence-electron chi connectivity index (χ3n) is 6.94. The van der Waals surface area contributed by atoms with E-state index in [1.807, 2.05) is 0 Å². The number of hydrogen-bond acceptors (Lipinski definition) is 4. The lowest BCUT2D eigenvalue weighted by Gasteiger charge is -2.58. The van der Waals surface area contributed by atoms with Crippen LogP contribution in [0.2, 0.25) is 5.02 Å². The van der Waals surface area contributed by atoms with Crippen molar-refractivity contribution in [2.75, 3.05) is 19.6 Å². The van der Waals surface area contributed by atoms with Crippen LogP contribution in [0.5, 0.6) is 0 Å². The molecule has 1 unspecified atom stereocenters. The van der Waals surface area contributed by atoms with Gasteiger partial charge in [0.15, 0.2) is 5.78 Å². The van der Waals surface area contributed by atoms with Crippen molar-refractivity contribution in [1.82, 2.24) is 9.21 Å². The summed E-state index contributed by atoms with van der Waals surface area (Å²) in [5, 5.41) is 0.252. The van der Waals surface area contributed by atoms with Gasteiger partial charge in [-0.1, -0.05) is 11.6 Å². The van der Waals surface area contributed by atoms with Crippen molar-refractivity contribution in [3.63, 3.8) is 0 Å². The molecule has 1 spiro atoms. The lowest BCUT2D eigenvalue weighted by atomic mass is 9.69. The molecule has 1 aromatic carbocycles. The fraction of sp³-hybridized carbons (Fsp3) is 0.632. The minimum absolute atomic E-state index is 0.0205. The van der Waals surface area contributed by atoms with E-state index < -0.39 is 10.0 Å². The first kappa shape index (κ1) is 17.2. The SMILES string of the molecule is O=C1CCc2cc(Cl)c(S(=O)(=O)N3CCN4CCCC4C34CCC4)cc21. The number of carbonyl (C=O) groups is 1. The van der Waals surface area contributed by atoms with Gasteiger partial charge in [-0.3, -0.25) is 9.69 Å². The number of fused-ring (bicyclic) bond motifs is 3. The van der Waals surface area contributed by atoms with Crippen molar-refractivity contribution in [2.24, 2.45) is 0 Å². The van der Waals surface area contributed by atoms with Gasteiger partial charge in [0, 0.05) is 31.1 Å². The van der Waals surface area contributed by atoms with Crippen LogP contribution in [0.1, 0.15) is 54.4 Å². The fourth-order valence-corrected chi connectivity index (χ4v) is 7.95. The molecule has 7 heteroatoms. The molecule has 0 amide bonds. The van der Waals surface area contributed by atoms with Crippen LogP contribution in [0.25, 0.3) is 0 Å². The minimum Gasteiger partial charge on any atom is -0.297 e. The molecule has 2 aliphatic heterocycles. The molecule has 0 radical (unpaired) electrons. The molecule has 2 saturated heterocycles. The first-order chi connectivity index (χ1) is 12.4. The maximum Gasteiger partial charge on any atom is 0.245 e. The topological polar surface area (TPSA) is 57.7 Å². The number of benzene rings is 1. The van der Waals surface area contributed by atoms with Crippen molar-refractivity contribution in [1.29, 1.82) is 0 Å². The molecule has 5 nitrogen and oxygen atoms in total. The minimum atomic E-state index is -3.72. The van der Waals surface area contributed by atoms with Crippen molar-refractivity contribution in [2.45, 2.75) is 61.4 Å². The van der Waals surface area contributed by atoms with Gasteiger partial charge < -0.3 is 0 Å². The van der Waals surface area contributed by atoms with Crippen molar-refractivity contribution in [3.8, 4) is 0 Å². The Hall–Kier alpha value is -0.950. The number of aryl methyl sites for hydroxylation is 1. The van der Waals surface area contributed by atoms with E-state index >= 15 is 0 Å². The van der Waals surface area contributed by atoms with Gasteiger partial charge in [0.1, 0.15) is 4.90 Å². The van der Waals surface area contributed by atoms with Crippen LogP contribution < -0.4 is 0 Å². The molecule has 4 aliphatic rings. The van der Waals surface area contributed by atoms with E-state index in [1.54, 1.807) is 10.4 Å². The first-order valence-corrected chi connectivity index (χ1v) is 11.4. The molecule has 1 aromatic rings. The fourth-order valence-electron chi connectivity index (χ4n) is 5.55. The van der Waals surface area contributed by atoms with Gasteiger partial charge in [0.05, 0.1) is 10.6 Å². The third kappa shape index (κ3) is 2.22. The number of sulfonamides is 1. The van der Waals surface area contributed by atoms with Crippen LogP contribution in [0, 0.1) is 0 Å². The summed E-state index contributed by atoms with van der Waals surface area (Å²) in [5.74, 6) is 0.0205. The summed E-state index contributed by atoms with van der Waals surface area (Å²) in [6.45, 7) is 2.38. The molecule has 0 bridgehead atoms. The van der Waals surface area contributed by atoms with E-state index in [4.69, 9.17) is 11.6 Å². The van der Waals surface area contributed by atoms with E-state index in [-0.39, 0.29) is 21.2 Å². The Morgan fingerprint density at radius 1 is 1.08 bits per heavy atom. The average Bonchev–Trinajstić information content (AvgIpc) is 3.18. The second-order valence-electron chi connectivity index (χ2n) is 8.09. The van der Waals surface area contributed by atoms with Crippen LogP contribution in [-0.2, 0) is 16.4 Å². The van der Waals surface area contributed by atoms with Crippen LogP contribution in [0.15, 0.2) is 17.0 Å². The standard InChI is InChI=1S/C19H23ClN2O3S/c20-15-11-13-4-5-16(23)14(13)12-17(15)26(24,25)22-10-9-21-8-1-3-18(21)19(22)6-2-7-19/h11-12,18H,1-10H2. The molecule has 5 rings (SSSR count). The summed E-state index contributed by atoms with van der Waals surface area (Å²) in [6.07, 6.45) is 6.24. The largest absolute Gasteiger partial charge is 0.297 e. The smallest absolute Gasteiger partial charge is 0.245 e. The zero-order valence-electron chi connectivity index (χ0n) is 14.7. The Kier molecular flexibility index (Phi) is 3.81. The number of hydrogen-bond donors (Lipinski definition) is 0. The third-order valence-corrected chi connectivity index (χ3v) is 9.38. The summed E-state index contributed by atoms with van der Waals surface area (Å²) in [7, 11) is -3.72. The predicted molar refractivity (Wildman–Crippen MR) is 99.2 cm³/mol. The molecular formula is C19H23ClN2O3S. The second-order valence-corrected chi connectivity index (χ2v) is 10.3. The average molecular weight is 395 g/mol. The summed E-state index contributed by atoms with van der Waals surface area (Å²) in [5.41, 5.74) is 1.13. The Morgan fingerprint density at radius 2 is 1.88 bits per heavy atom. The normalized spacial score (nSPS) is 28.2.